The third-order valence-corrected chi connectivity index (χ3v) is 4.19. The van der Waals surface area contributed by atoms with Crippen LogP contribution >= 0.6 is 11.8 Å². The second-order valence-corrected chi connectivity index (χ2v) is 5.85. The van der Waals surface area contributed by atoms with Crippen molar-refractivity contribution in [2.75, 3.05) is 6.54 Å². The molecule has 1 saturated heterocycles. The van der Waals surface area contributed by atoms with Crippen molar-refractivity contribution in [3.8, 4) is 0 Å². The Labute approximate surface area is 117 Å². The second-order valence-electron chi connectivity index (χ2n) is 4.80. The minimum absolute atomic E-state index is 0.255. The van der Waals surface area contributed by atoms with E-state index >= 15 is 0 Å². The van der Waals surface area contributed by atoms with Gasteiger partial charge in [0.25, 0.3) is 0 Å². The van der Waals surface area contributed by atoms with Gasteiger partial charge >= 0.3 is 0 Å². The number of hydrogen-bond acceptors (Lipinski definition) is 5. The van der Waals surface area contributed by atoms with Gasteiger partial charge in [-0.3, -0.25) is 0 Å². The number of nitrogens with one attached hydrogen (secondary N) is 1. The van der Waals surface area contributed by atoms with Crippen molar-refractivity contribution in [3.63, 3.8) is 0 Å². The molecule has 1 aliphatic heterocycles. The van der Waals surface area contributed by atoms with Crippen molar-refractivity contribution in [2.24, 2.45) is 0 Å². The lowest BCUT2D eigenvalue weighted by Crippen LogP contribution is -2.13. The highest BCUT2D eigenvalue weighted by atomic mass is 32.2. The lowest BCUT2D eigenvalue weighted by molar-refractivity contribution is 0.342. The zero-order valence-corrected chi connectivity index (χ0v) is 11.7. The lowest BCUT2D eigenvalue weighted by atomic mass is 10.2. The van der Waals surface area contributed by atoms with Crippen molar-refractivity contribution < 1.29 is 4.52 Å². The van der Waals surface area contributed by atoms with E-state index < -0.39 is 0 Å². The topological polar surface area (TPSA) is 51.0 Å². The first-order valence-electron chi connectivity index (χ1n) is 6.56. The van der Waals surface area contributed by atoms with Gasteiger partial charge in [-0.2, -0.15) is 4.98 Å². The molecule has 5 heteroatoms. The van der Waals surface area contributed by atoms with Crippen molar-refractivity contribution in [2.45, 2.75) is 36.5 Å². The van der Waals surface area contributed by atoms with E-state index in [-0.39, 0.29) is 6.04 Å². The average molecular weight is 275 g/mol. The molecule has 1 atom stereocenters. The molecule has 2 aromatic rings. The highest BCUT2D eigenvalue weighted by molar-refractivity contribution is 7.98. The van der Waals surface area contributed by atoms with Crippen LogP contribution in [0.5, 0.6) is 0 Å². The fraction of sp³-hybridized carbons (Fsp3) is 0.429. The molecule has 1 fully saturated rings. The van der Waals surface area contributed by atoms with E-state index in [0.717, 1.165) is 30.4 Å². The van der Waals surface area contributed by atoms with Gasteiger partial charge in [0.2, 0.25) is 5.89 Å². The normalized spacial score (nSPS) is 18.9. The Bertz CT molecular complexity index is 549. The molecule has 0 aliphatic carbocycles. The van der Waals surface area contributed by atoms with E-state index in [9.17, 15) is 0 Å². The van der Waals surface area contributed by atoms with Crippen LogP contribution in [0.1, 0.15) is 36.2 Å². The summed E-state index contributed by atoms with van der Waals surface area (Å²) >= 11 is 1.74. The van der Waals surface area contributed by atoms with Crippen LogP contribution in [0, 0.1) is 6.92 Å². The molecule has 1 unspecified atom stereocenters. The summed E-state index contributed by atoms with van der Waals surface area (Å²) in [6.07, 6.45) is 2.27. The van der Waals surface area contributed by atoms with Crippen LogP contribution < -0.4 is 5.32 Å². The summed E-state index contributed by atoms with van der Waals surface area (Å²) in [5.74, 6) is 2.26. The molecule has 0 saturated carbocycles. The highest BCUT2D eigenvalue weighted by Crippen LogP contribution is 2.25. The molecule has 3 rings (SSSR count). The molecule has 0 amide bonds. The highest BCUT2D eigenvalue weighted by Gasteiger charge is 2.22. The maximum absolute atomic E-state index is 5.32. The van der Waals surface area contributed by atoms with E-state index in [0.29, 0.717) is 0 Å². The van der Waals surface area contributed by atoms with Crippen LogP contribution in [0.15, 0.2) is 33.7 Å². The Morgan fingerprint density at radius 1 is 1.47 bits per heavy atom. The molecule has 0 spiro atoms. The van der Waals surface area contributed by atoms with E-state index in [4.69, 9.17) is 4.52 Å². The lowest BCUT2D eigenvalue weighted by Gasteiger charge is -2.01. The smallest absolute Gasteiger partial charge is 0.243 e. The average Bonchev–Trinajstić information content (AvgIpc) is 3.07. The van der Waals surface area contributed by atoms with Crippen molar-refractivity contribution in [1.82, 2.24) is 15.5 Å². The first kappa shape index (κ1) is 12.7. The zero-order chi connectivity index (χ0) is 13.1. The van der Waals surface area contributed by atoms with Gasteiger partial charge in [-0.05, 0) is 38.4 Å². The quantitative estimate of drug-likeness (QED) is 0.869. The Hall–Kier alpha value is -1.33. The molecule has 4 nitrogen and oxygen atoms in total. The Morgan fingerprint density at radius 3 is 3.21 bits per heavy atom. The Kier molecular flexibility index (Phi) is 3.84. The standard InChI is InChI=1S/C14H17N3OS/c1-10-4-2-5-11(8-10)19-9-13-16-14(18-17-13)12-6-3-7-15-12/h2,4-5,8,12,15H,3,6-7,9H2,1H3. The van der Waals surface area contributed by atoms with E-state index in [1.54, 1.807) is 11.8 Å². The van der Waals surface area contributed by atoms with E-state index in [1.165, 1.54) is 16.9 Å². The van der Waals surface area contributed by atoms with Gasteiger partial charge in [-0.15, -0.1) is 11.8 Å². The van der Waals surface area contributed by atoms with Crippen LogP contribution in [0.2, 0.25) is 0 Å². The SMILES string of the molecule is Cc1cccc(SCc2noc(C3CCCN3)n2)c1. The Morgan fingerprint density at radius 2 is 2.42 bits per heavy atom. The van der Waals surface area contributed by atoms with Crippen LogP contribution in [0.3, 0.4) is 0 Å². The van der Waals surface area contributed by atoms with Crippen LogP contribution in [0.4, 0.5) is 0 Å². The monoisotopic (exact) mass is 275 g/mol. The molecule has 1 N–H and O–H groups in total. The maximum Gasteiger partial charge on any atom is 0.243 e. The van der Waals surface area contributed by atoms with Gasteiger partial charge in [0.1, 0.15) is 0 Å². The van der Waals surface area contributed by atoms with Gasteiger partial charge in [0.05, 0.1) is 11.8 Å². The minimum Gasteiger partial charge on any atom is -0.338 e. The first-order chi connectivity index (χ1) is 9.31. The molecule has 0 bridgehead atoms. The number of benzene rings is 1. The van der Waals surface area contributed by atoms with Gasteiger partial charge in [-0.25, -0.2) is 0 Å². The molecule has 2 heterocycles. The summed E-state index contributed by atoms with van der Waals surface area (Å²) in [6.45, 7) is 3.14. The number of aromatic nitrogens is 2. The fourth-order valence-electron chi connectivity index (χ4n) is 2.22. The fourth-order valence-corrected chi connectivity index (χ4v) is 3.07. The number of nitrogens with zero attached hydrogens (tertiary/aromatic N) is 2. The van der Waals surface area contributed by atoms with Gasteiger partial charge < -0.3 is 9.84 Å². The third kappa shape index (κ3) is 3.16. The predicted molar refractivity (Wildman–Crippen MR) is 75.0 cm³/mol. The summed E-state index contributed by atoms with van der Waals surface area (Å²) in [4.78, 5) is 5.71. The second kappa shape index (κ2) is 5.75. The van der Waals surface area contributed by atoms with Crippen molar-refractivity contribution in [1.29, 1.82) is 0 Å². The van der Waals surface area contributed by atoms with Crippen molar-refractivity contribution >= 4 is 11.8 Å². The maximum atomic E-state index is 5.32. The molecular weight excluding hydrogens is 258 g/mol. The molecular formula is C14H17N3OS. The van der Waals surface area contributed by atoms with Gasteiger partial charge in [0, 0.05) is 4.90 Å². The number of thioether (sulfide) groups is 1. The summed E-state index contributed by atoms with van der Waals surface area (Å²) in [5.41, 5.74) is 1.27. The van der Waals surface area contributed by atoms with Gasteiger partial charge in [-0.1, -0.05) is 22.9 Å². The van der Waals surface area contributed by atoms with Crippen molar-refractivity contribution in [3.05, 3.63) is 41.5 Å². The summed E-state index contributed by atoms with van der Waals surface area (Å²) in [5, 5.41) is 7.42. The van der Waals surface area contributed by atoms with E-state index in [2.05, 4.69) is 46.6 Å². The molecule has 0 radical (unpaired) electrons. The molecule has 100 valence electrons. The number of hydrogen-bond donors (Lipinski definition) is 1. The van der Waals surface area contributed by atoms with E-state index in [1.807, 2.05) is 0 Å². The molecule has 1 aromatic carbocycles. The van der Waals surface area contributed by atoms with Gasteiger partial charge in [0.15, 0.2) is 5.82 Å². The van der Waals surface area contributed by atoms with Crippen LogP contribution in [-0.2, 0) is 5.75 Å². The number of aryl methyl sites for hydroxylation is 1. The molecule has 1 aromatic heterocycles. The third-order valence-electron chi connectivity index (χ3n) is 3.20. The van der Waals surface area contributed by atoms with Crippen LogP contribution in [0.25, 0.3) is 0 Å². The molecule has 19 heavy (non-hydrogen) atoms. The zero-order valence-electron chi connectivity index (χ0n) is 10.9. The summed E-state index contributed by atoms with van der Waals surface area (Å²) < 4.78 is 5.32. The predicted octanol–water partition coefficient (Wildman–Crippen LogP) is 3.09. The van der Waals surface area contributed by atoms with Crippen LogP contribution in [-0.4, -0.2) is 16.7 Å². The first-order valence-corrected chi connectivity index (χ1v) is 7.55. The minimum atomic E-state index is 0.255. The Balaban J connectivity index is 1.61. The largest absolute Gasteiger partial charge is 0.338 e. The number of rotatable bonds is 4. The molecule has 1 aliphatic rings. The summed E-state index contributed by atoms with van der Waals surface area (Å²) in [7, 11) is 0. The summed E-state index contributed by atoms with van der Waals surface area (Å²) in [6, 6.07) is 8.70.